The van der Waals surface area contributed by atoms with E-state index in [9.17, 15) is 9.59 Å². The zero-order chi connectivity index (χ0) is 19.2. The van der Waals surface area contributed by atoms with Crippen LogP contribution in [0.1, 0.15) is 31.8 Å². The van der Waals surface area contributed by atoms with Gasteiger partial charge in [0.05, 0.1) is 10.6 Å². The minimum Gasteiger partial charge on any atom is -0.423 e. The number of carbonyl (C=O) groups excluding carboxylic acids is 2. The molecule has 3 rings (SSSR count). The van der Waals surface area contributed by atoms with Gasteiger partial charge in [-0.3, -0.25) is 4.79 Å². The summed E-state index contributed by atoms with van der Waals surface area (Å²) in [6.07, 6.45) is 3.29. The van der Waals surface area contributed by atoms with Crippen LogP contribution in [0.3, 0.4) is 0 Å². The van der Waals surface area contributed by atoms with Crippen molar-refractivity contribution in [1.82, 2.24) is 0 Å². The predicted molar refractivity (Wildman–Crippen MR) is 107 cm³/mol. The molecule has 3 aromatic carbocycles. The van der Waals surface area contributed by atoms with Crippen molar-refractivity contribution in [1.29, 1.82) is 0 Å². The van der Waals surface area contributed by atoms with Gasteiger partial charge in [0.1, 0.15) is 5.75 Å². The number of ketones is 1. The van der Waals surface area contributed by atoms with Crippen LogP contribution in [0.15, 0.2) is 78.9 Å². The summed E-state index contributed by atoms with van der Waals surface area (Å²) in [4.78, 5) is 24.4. The molecule has 0 unspecified atom stereocenters. The second-order valence-corrected chi connectivity index (χ2v) is 6.41. The summed E-state index contributed by atoms with van der Waals surface area (Å²) in [6.45, 7) is 2.01. The van der Waals surface area contributed by atoms with Crippen molar-refractivity contribution >= 4 is 29.4 Å². The van der Waals surface area contributed by atoms with Crippen LogP contribution >= 0.6 is 11.6 Å². The van der Waals surface area contributed by atoms with Gasteiger partial charge in [0, 0.05) is 5.56 Å². The van der Waals surface area contributed by atoms with Gasteiger partial charge < -0.3 is 4.74 Å². The molecule has 0 heterocycles. The topological polar surface area (TPSA) is 43.4 Å². The average Bonchev–Trinajstić information content (AvgIpc) is 2.68. The van der Waals surface area contributed by atoms with Crippen LogP contribution in [0.25, 0.3) is 6.08 Å². The Kier molecular flexibility index (Phi) is 5.84. The SMILES string of the molecule is Cc1ccc(C=CC(=O)c2ccc(OC(=O)c3ccccc3Cl)cc2)cc1. The molecule has 0 amide bonds. The summed E-state index contributed by atoms with van der Waals surface area (Å²) >= 11 is 5.99. The van der Waals surface area contributed by atoms with Gasteiger partial charge in [-0.2, -0.15) is 0 Å². The number of hydrogen-bond acceptors (Lipinski definition) is 3. The van der Waals surface area contributed by atoms with Crippen LogP contribution in [-0.2, 0) is 0 Å². The summed E-state index contributed by atoms with van der Waals surface area (Å²) in [7, 11) is 0. The Morgan fingerprint density at radius 1 is 0.889 bits per heavy atom. The van der Waals surface area contributed by atoms with Crippen LogP contribution in [0.2, 0.25) is 5.02 Å². The number of aryl methyl sites for hydroxylation is 1. The highest BCUT2D eigenvalue weighted by Crippen LogP contribution is 2.19. The maximum atomic E-state index is 12.3. The Hall–Kier alpha value is -3.17. The molecule has 0 N–H and O–H groups in total. The number of allylic oxidation sites excluding steroid dienone is 1. The lowest BCUT2D eigenvalue weighted by molar-refractivity contribution is 0.0735. The van der Waals surface area contributed by atoms with Gasteiger partial charge in [-0.25, -0.2) is 4.79 Å². The molecule has 3 aromatic rings. The molecule has 0 aromatic heterocycles. The Labute approximate surface area is 162 Å². The lowest BCUT2D eigenvalue weighted by Gasteiger charge is -2.06. The second kappa shape index (κ2) is 8.47. The third-order valence-corrected chi connectivity index (χ3v) is 4.28. The highest BCUT2D eigenvalue weighted by Gasteiger charge is 2.12. The van der Waals surface area contributed by atoms with Gasteiger partial charge in [-0.05, 0) is 55.0 Å². The number of hydrogen-bond donors (Lipinski definition) is 0. The normalized spacial score (nSPS) is 10.7. The first-order chi connectivity index (χ1) is 13.0. The summed E-state index contributed by atoms with van der Waals surface area (Å²) in [5.41, 5.74) is 2.93. The highest BCUT2D eigenvalue weighted by atomic mass is 35.5. The monoisotopic (exact) mass is 376 g/mol. The van der Waals surface area contributed by atoms with Gasteiger partial charge in [-0.15, -0.1) is 0 Å². The molecule has 0 bridgehead atoms. The van der Waals surface area contributed by atoms with Crippen LogP contribution < -0.4 is 4.74 Å². The van der Waals surface area contributed by atoms with Gasteiger partial charge >= 0.3 is 5.97 Å². The van der Waals surface area contributed by atoms with Gasteiger partial charge in [0.2, 0.25) is 0 Å². The van der Waals surface area contributed by atoms with Gasteiger partial charge in [0.25, 0.3) is 0 Å². The molecule has 0 spiro atoms. The zero-order valence-corrected chi connectivity index (χ0v) is 15.4. The summed E-state index contributed by atoms with van der Waals surface area (Å²) < 4.78 is 5.30. The molecule has 0 aliphatic carbocycles. The standard InChI is InChI=1S/C23H17ClO3/c1-16-6-8-17(9-7-16)10-15-22(25)18-11-13-19(14-12-18)27-23(26)20-4-2-3-5-21(20)24/h2-15H,1H3. The van der Waals surface area contributed by atoms with E-state index in [4.69, 9.17) is 16.3 Å². The molecule has 0 saturated carbocycles. The molecule has 0 fully saturated rings. The van der Waals surface area contributed by atoms with Crippen molar-refractivity contribution in [2.24, 2.45) is 0 Å². The van der Waals surface area contributed by atoms with E-state index in [0.717, 1.165) is 5.56 Å². The van der Waals surface area contributed by atoms with E-state index in [2.05, 4.69) is 0 Å². The first kappa shape index (κ1) is 18.6. The number of ether oxygens (including phenoxy) is 1. The molecule has 27 heavy (non-hydrogen) atoms. The summed E-state index contributed by atoms with van der Waals surface area (Å²) in [5, 5.41) is 0.329. The first-order valence-corrected chi connectivity index (χ1v) is 8.76. The van der Waals surface area contributed by atoms with E-state index in [1.54, 1.807) is 54.6 Å². The predicted octanol–water partition coefficient (Wildman–Crippen LogP) is 5.76. The molecular weight excluding hydrogens is 360 g/mol. The van der Waals surface area contributed by atoms with Crippen LogP contribution in [0.5, 0.6) is 5.75 Å². The first-order valence-electron chi connectivity index (χ1n) is 8.39. The maximum absolute atomic E-state index is 12.3. The maximum Gasteiger partial charge on any atom is 0.345 e. The smallest absolute Gasteiger partial charge is 0.345 e. The van der Waals surface area contributed by atoms with Crippen molar-refractivity contribution < 1.29 is 14.3 Å². The molecule has 134 valence electrons. The van der Waals surface area contributed by atoms with E-state index >= 15 is 0 Å². The third kappa shape index (κ3) is 4.93. The number of carbonyl (C=O) groups is 2. The number of halogens is 1. The summed E-state index contributed by atoms with van der Waals surface area (Å²) in [6, 6.07) is 21.0. The largest absolute Gasteiger partial charge is 0.423 e. The Morgan fingerprint density at radius 3 is 2.22 bits per heavy atom. The molecule has 3 nitrogen and oxygen atoms in total. The van der Waals surface area contributed by atoms with Gasteiger partial charge in [-0.1, -0.05) is 59.6 Å². The van der Waals surface area contributed by atoms with Crippen molar-refractivity contribution in [2.45, 2.75) is 6.92 Å². The van der Waals surface area contributed by atoms with E-state index in [0.29, 0.717) is 21.9 Å². The Bertz CT molecular complexity index is 987. The number of rotatable bonds is 5. The van der Waals surface area contributed by atoms with Crippen LogP contribution in [-0.4, -0.2) is 11.8 Å². The van der Waals surface area contributed by atoms with E-state index in [1.165, 1.54) is 11.6 Å². The van der Waals surface area contributed by atoms with Crippen molar-refractivity contribution in [3.05, 3.63) is 106 Å². The minimum absolute atomic E-state index is 0.125. The average molecular weight is 377 g/mol. The zero-order valence-electron chi connectivity index (χ0n) is 14.7. The van der Waals surface area contributed by atoms with Crippen molar-refractivity contribution in [3.63, 3.8) is 0 Å². The number of esters is 1. The highest BCUT2D eigenvalue weighted by molar-refractivity contribution is 6.33. The molecular formula is C23H17ClO3. The quantitative estimate of drug-likeness (QED) is 0.246. The minimum atomic E-state index is -0.543. The van der Waals surface area contributed by atoms with E-state index in [1.807, 2.05) is 31.2 Å². The molecule has 0 atom stereocenters. The lowest BCUT2D eigenvalue weighted by Crippen LogP contribution is -2.09. The number of benzene rings is 3. The van der Waals surface area contributed by atoms with Crippen molar-refractivity contribution in [2.75, 3.05) is 0 Å². The molecule has 0 saturated heterocycles. The Morgan fingerprint density at radius 2 is 1.56 bits per heavy atom. The van der Waals surface area contributed by atoms with E-state index in [-0.39, 0.29) is 5.78 Å². The van der Waals surface area contributed by atoms with E-state index < -0.39 is 5.97 Å². The lowest BCUT2D eigenvalue weighted by atomic mass is 10.1. The summed E-state index contributed by atoms with van der Waals surface area (Å²) in [5.74, 6) is -0.322. The van der Waals surface area contributed by atoms with Gasteiger partial charge in [0.15, 0.2) is 5.78 Å². The van der Waals surface area contributed by atoms with Crippen LogP contribution in [0.4, 0.5) is 0 Å². The van der Waals surface area contributed by atoms with Crippen molar-refractivity contribution in [3.8, 4) is 5.75 Å². The fourth-order valence-electron chi connectivity index (χ4n) is 2.42. The fraction of sp³-hybridized carbons (Fsp3) is 0.0435. The molecule has 0 radical (unpaired) electrons. The fourth-order valence-corrected chi connectivity index (χ4v) is 2.63. The molecule has 4 heteroatoms. The molecule has 0 aliphatic rings. The Balaban J connectivity index is 1.66. The molecule has 0 aliphatic heterocycles. The third-order valence-electron chi connectivity index (χ3n) is 3.95. The van der Waals surface area contributed by atoms with Crippen LogP contribution in [0, 0.1) is 6.92 Å². The second-order valence-electron chi connectivity index (χ2n) is 6.00.